The van der Waals surface area contributed by atoms with E-state index in [9.17, 15) is 9.59 Å². The van der Waals surface area contributed by atoms with Crippen LogP contribution in [0.1, 0.15) is 25.3 Å². The first-order chi connectivity index (χ1) is 14.5. The van der Waals surface area contributed by atoms with Crippen molar-refractivity contribution < 1.29 is 14.3 Å². The molecule has 0 saturated carbocycles. The Hall–Kier alpha value is -3.56. The summed E-state index contributed by atoms with van der Waals surface area (Å²) in [6, 6.07) is 7.62. The number of hydrogen-bond donors (Lipinski definition) is 3. The number of hydrogen-bond acceptors (Lipinski definition) is 8. The molecule has 4 N–H and O–H groups in total. The molecule has 0 atom stereocenters. The van der Waals surface area contributed by atoms with Crippen LogP contribution in [0.25, 0.3) is 11.2 Å². The van der Waals surface area contributed by atoms with Crippen LogP contribution in [0.15, 0.2) is 29.1 Å². The van der Waals surface area contributed by atoms with Gasteiger partial charge in [0.15, 0.2) is 11.5 Å². The van der Waals surface area contributed by atoms with Crippen LogP contribution in [0.2, 0.25) is 0 Å². The predicted molar refractivity (Wildman–Crippen MR) is 114 cm³/mol. The number of nitrogens with two attached hydrogens (primary N) is 1. The first-order valence-electron chi connectivity index (χ1n) is 9.80. The number of imidazole rings is 1. The van der Waals surface area contributed by atoms with E-state index < -0.39 is 0 Å². The summed E-state index contributed by atoms with van der Waals surface area (Å²) in [4.78, 5) is 35.0. The Labute approximate surface area is 173 Å². The minimum Gasteiger partial charge on any atom is -0.469 e. The largest absolute Gasteiger partial charge is 0.469 e. The number of H-pyrrole nitrogens is 1. The lowest BCUT2D eigenvalue weighted by Crippen LogP contribution is -2.21. The number of aromatic nitrogens is 4. The molecule has 0 bridgehead atoms. The minimum absolute atomic E-state index is 0.157. The number of nitrogen functional groups attached to an aromatic ring is 1. The average molecular weight is 414 g/mol. The zero-order chi connectivity index (χ0) is 21.5. The van der Waals surface area contributed by atoms with Crippen molar-refractivity contribution >= 4 is 28.6 Å². The van der Waals surface area contributed by atoms with E-state index in [1.807, 2.05) is 24.3 Å². The summed E-state index contributed by atoms with van der Waals surface area (Å²) in [5.74, 6) is -0.127. The highest BCUT2D eigenvalue weighted by atomic mass is 16.5. The van der Waals surface area contributed by atoms with Gasteiger partial charge >= 0.3 is 17.7 Å². The minimum atomic E-state index is -0.321. The second-order valence-corrected chi connectivity index (χ2v) is 6.75. The number of nitrogens with one attached hydrogen (secondary N) is 2. The molecule has 0 amide bonds. The van der Waals surface area contributed by atoms with Crippen LogP contribution < -0.4 is 21.5 Å². The van der Waals surface area contributed by atoms with Crippen molar-refractivity contribution in [2.24, 2.45) is 0 Å². The first kappa shape index (κ1) is 21.2. The van der Waals surface area contributed by atoms with Crippen LogP contribution >= 0.6 is 0 Å². The quantitative estimate of drug-likeness (QED) is 0.337. The molecule has 10 heteroatoms. The lowest BCUT2D eigenvalue weighted by molar-refractivity contribution is -0.139. The van der Waals surface area contributed by atoms with E-state index >= 15 is 0 Å². The van der Waals surface area contributed by atoms with Crippen molar-refractivity contribution in [3.05, 3.63) is 40.3 Å². The highest BCUT2D eigenvalue weighted by molar-refractivity contribution is 5.81. The summed E-state index contributed by atoms with van der Waals surface area (Å²) in [7, 11) is 1.36. The number of rotatable bonds is 10. The number of benzene rings is 1. The fourth-order valence-electron chi connectivity index (χ4n) is 2.95. The Bertz CT molecular complexity index is 1070. The van der Waals surface area contributed by atoms with Gasteiger partial charge in [-0.15, -0.1) is 0 Å². The third-order valence-electron chi connectivity index (χ3n) is 4.53. The number of esters is 1. The van der Waals surface area contributed by atoms with E-state index in [1.54, 1.807) is 0 Å². The number of anilines is 2. The van der Waals surface area contributed by atoms with Gasteiger partial charge < -0.3 is 25.5 Å². The molecule has 0 aliphatic rings. The Balaban J connectivity index is 1.71. The maximum Gasteiger partial charge on any atom is 0.327 e. The summed E-state index contributed by atoms with van der Waals surface area (Å²) in [5, 5.41) is 3.25. The molecule has 0 spiro atoms. The van der Waals surface area contributed by atoms with Crippen LogP contribution in [-0.4, -0.2) is 45.7 Å². The van der Waals surface area contributed by atoms with E-state index in [-0.39, 0.29) is 29.9 Å². The van der Waals surface area contributed by atoms with Gasteiger partial charge in [-0.3, -0.25) is 9.36 Å². The van der Waals surface area contributed by atoms with Crippen molar-refractivity contribution in [2.75, 3.05) is 31.3 Å². The summed E-state index contributed by atoms with van der Waals surface area (Å²) in [5.41, 5.74) is 8.11. The second kappa shape index (κ2) is 9.77. The van der Waals surface area contributed by atoms with Gasteiger partial charge in [0.05, 0.1) is 20.1 Å². The third-order valence-corrected chi connectivity index (χ3v) is 4.53. The van der Waals surface area contributed by atoms with E-state index in [0.29, 0.717) is 30.9 Å². The van der Waals surface area contributed by atoms with Gasteiger partial charge in [0.25, 0.3) is 0 Å². The molecule has 10 nitrogen and oxygen atoms in total. The van der Waals surface area contributed by atoms with Crippen LogP contribution in [0, 0.1) is 0 Å². The Morgan fingerprint density at radius 3 is 2.93 bits per heavy atom. The SMILES string of the molecule is CCCCOc1nc(N)c2[nH]c(=O)n(CCNc3cccc(CC(=O)OC)c3)c2n1. The average Bonchev–Trinajstić information content (AvgIpc) is 3.04. The summed E-state index contributed by atoms with van der Waals surface area (Å²) in [6.07, 6.45) is 2.06. The zero-order valence-corrected chi connectivity index (χ0v) is 17.1. The number of carbonyl (C=O) groups is 1. The monoisotopic (exact) mass is 414 g/mol. The van der Waals surface area contributed by atoms with Crippen molar-refractivity contribution in [3.63, 3.8) is 0 Å². The van der Waals surface area contributed by atoms with Gasteiger partial charge in [0.2, 0.25) is 0 Å². The topological polar surface area (TPSA) is 137 Å². The smallest absolute Gasteiger partial charge is 0.327 e. The van der Waals surface area contributed by atoms with Crippen molar-refractivity contribution in [2.45, 2.75) is 32.7 Å². The van der Waals surface area contributed by atoms with Gasteiger partial charge in [0, 0.05) is 18.8 Å². The zero-order valence-electron chi connectivity index (χ0n) is 17.1. The maximum absolute atomic E-state index is 12.4. The van der Waals surface area contributed by atoms with Crippen LogP contribution in [-0.2, 0) is 22.5 Å². The molecule has 0 aliphatic heterocycles. The number of fused-ring (bicyclic) bond motifs is 1. The molecule has 160 valence electrons. The molecular formula is C20H26N6O4. The molecule has 1 aromatic carbocycles. The Morgan fingerprint density at radius 2 is 2.17 bits per heavy atom. The van der Waals surface area contributed by atoms with E-state index in [2.05, 4.69) is 27.2 Å². The number of ether oxygens (including phenoxy) is 2. The van der Waals surface area contributed by atoms with E-state index in [1.165, 1.54) is 11.7 Å². The summed E-state index contributed by atoms with van der Waals surface area (Å²) in [6.45, 7) is 3.36. The molecule has 0 fully saturated rings. The van der Waals surface area contributed by atoms with Crippen LogP contribution in [0.4, 0.5) is 11.5 Å². The summed E-state index contributed by atoms with van der Waals surface area (Å²) >= 11 is 0. The van der Waals surface area contributed by atoms with Gasteiger partial charge in [-0.25, -0.2) is 4.79 Å². The third kappa shape index (κ3) is 5.07. The van der Waals surface area contributed by atoms with Gasteiger partial charge in [-0.2, -0.15) is 9.97 Å². The highest BCUT2D eigenvalue weighted by Gasteiger charge is 2.14. The van der Waals surface area contributed by atoms with E-state index in [0.717, 1.165) is 24.1 Å². The number of aromatic amines is 1. The molecule has 0 unspecified atom stereocenters. The van der Waals surface area contributed by atoms with Crippen molar-refractivity contribution in [1.29, 1.82) is 0 Å². The molecule has 30 heavy (non-hydrogen) atoms. The summed E-state index contributed by atoms with van der Waals surface area (Å²) < 4.78 is 11.7. The maximum atomic E-state index is 12.4. The lowest BCUT2D eigenvalue weighted by atomic mass is 10.1. The van der Waals surface area contributed by atoms with Crippen molar-refractivity contribution in [3.8, 4) is 6.01 Å². The highest BCUT2D eigenvalue weighted by Crippen LogP contribution is 2.18. The number of unbranched alkanes of at least 4 members (excludes halogenated alkanes) is 1. The van der Waals surface area contributed by atoms with Crippen LogP contribution in [0.3, 0.4) is 0 Å². The van der Waals surface area contributed by atoms with Crippen LogP contribution in [0.5, 0.6) is 6.01 Å². The Morgan fingerprint density at radius 1 is 1.33 bits per heavy atom. The molecule has 2 heterocycles. The number of nitrogens with zero attached hydrogens (tertiary/aromatic N) is 3. The van der Waals surface area contributed by atoms with Gasteiger partial charge in [-0.1, -0.05) is 25.5 Å². The molecule has 3 aromatic rings. The molecular weight excluding hydrogens is 388 g/mol. The van der Waals surface area contributed by atoms with Gasteiger partial charge in [0.1, 0.15) is 5.52 Å². The molecule has 0 radical (unpaired) electrons. The first-order valence-corrected chi connectivity index (χ1v) is 9.80. The van der Waals surface area contributed by atoms with Crippen molar-refractivity contribution in [1.82, 2.24) is 19.5 Å². The second-order valence-electron chi connectivity index (χ2n) is 6.75. The molecule has 3 rings (SSSR count). The number of methoxy groups -OCH3 is 1. The predicted octanol–water partition coefficient (Wildman–Crippen LogP) is 1.71. The van der Waals surface area contributed by atoms with Gasteiger partial charge in [-0.05, 0) is 24.1 Å². The molecule has 0 aliphatic carbocycles. The fourth-order valence-corrected chi connectivity index (χ4v) is 2.95. The van der Waals surface area contributed by atoms with E-state index in [4.69, 9.17) is 15.2 Å². The normalized spacial score (nSPS) is 10.9. The Kier molecular flexibility index (Phi) is 6.89. The lowest BCUT2D eigenvalue weighted by Gasteiger charge is -2.09. The molecule has 2 aromatic heterocycles. The standard InChI is InChI=1S/C20H26N6O4/c1-3-4-10-30-19-24-17(21)16-18(25-19)26(20(28)23-16)9-8-22-14-7-5-6-13(11-14)12-15(27)29-2/h5-7,11,22H,3-4,8-10,12H2,1-2H3,(H,23,28)(H2,21,24,25). The number of carbonyl (C=O) groups excluding carboxylic acids is 1. The molecule has 0 saturated heterocycles. The fraction of sp³-hybridized carbons (Fsp3) is 0.400.